The Morgan fingerprint density at radius 3 is 2.61 bits per heavy atom. The van der Waals surface area contributed by atoms with E-state index in [-0.39, 0.29) is 5.78 Å². The standard InChI is InChI=1S/C13H22N2O3/c1-5-12(16)13-10(2)14-15(11(13)3)6-7-18-9-8-17-4/h5-9H2,1-4H3. The van der Waals surface area contributed by atoms with E-state index in [2.05, 4.69) is 5.10 Å². The second kappa shape index (κ2) is 7.28. The summed E-state index contributed by atoms with van der Waals surface area (Å²) in [6.07, 6.45) is 0.512. The van der Waals surface area contributed by atoms with Gasteiger partial charge in [0.05, 0.1) is 37.6 Å². The number of ketones is 1. The van der Waals surface area contributed by atoms with Crippen LogP contribution in [0.1, 0.15) is 35.1 Å². The van der Waals surface area contributed by atoms with E-state index >= 15 is 0 Å². The van der Waals surface area contributed by atoms with Gasteiger partial charge in [0.2, 0.25) is 0 Å². The molecule has 0 atom stereocenters. The van der Waals surface area contributed by atoms with Gasteiger partial charge in [-0.3, -0.25) is 9.48 Å². The predicted octanol–water partition coefficient (Wildman–Crippen LogP) is 1.76. The normalized spacial score (nSPS) is 10.9. The molecule has 0 fully saturated rings. The molecular formula is C13H22N2O3. The lowest BCUT2D eigenvalue weighted by molar-refractivity contribution is 0.0651. The zero-order valence-corrected chi connectivity index (χ0v) is 11.7. The van der Waals surface area contributed by atoms with Crippen LogP contribution in [0.4, 0.5) is 0 Å². The summed E-state index contributed by atoms with van der Waals surface area (Å²) in [6.45, 7) is 8.08. The molecular weight excluding hydrogens is 232 g/mol. The van der Waals surface area contributed by atoms with E-state index < -0.39 is 0 Å². The molecule has 0 aliphatic rings. The zero-order chi connectivity index (χ0) is 13.5. The van der Waals surface area contributed by atoms with Crippen molar-refractivity contribution in [1.82, 2.24) is 9.78 Å². The van der Waals surface area contributed by atoms with Gasteiger partial charge in [-0.1, -0.05) is 6.92 Å². The highest BCUT2D eigenvalue weighted by Crippen LogP contribution is 2.15. The first-order valence-electron chi connectivity index (χ1n) is 6.25. The number of carbonyl (C=O) groups excluding carboxylic acids is 1. The molecule has 1 aromatic rings. The number of Topliss-reactive ketones (excluding diaryl/α,β-unsaturated/α-hetero) is 1. The van der Waals surface area contributed by atoms with E-state index in [4.69, 9.17) is 9.47 Å². The van der Waals surface area contributed by atoms with E-state index in [1.54, 1.807) is 7.11 Å². The summed E-state index contributed by atoms with van der Waals surface area (Å²) in [5.74, 6) is 0.150. The molecule has 1 rings (SSSR count). The number of rotatable bonds is 8. The van der Waals surface area contributed by atoms with E-state index in [9.17, 15) is 4.79 Å². The first-order chi connectivity index (χ1) is 8.61. The van der Waals surface area contributed by atoms with Crippen LogP contribution in [0.25, 0.3) is 0 Å². The highest BCUT2D eigenvalue weighted by atomic mass is 16.5. The van der Waals surface area contributed by atoms with E-state index in [0.717, 1.165) is 17.0 Å². The molecule has 0 saturated heterocycles. The molecule has 0 N–H and O–H groups in total. The van der Waals surface area contributed by atoms with Gasteiger partial charge in [-0.05, 0) is 13.8 Å². The quantitative estimate of drug-likeness (QED) is 0.524. The van der Waals surface area contributed by atoms with Crippen molar-refractivity contribution in [3.8, 4) is 0 Å². The van der Waals surface area contributed by atoms with Crippen LogP contribution in [-0.4, -0.2) is 42.5 Å². The van der Waals surface area contributed by atoms with Crippen LogP contribution in [-0.2, 0) is 16.0 Å². The van der Waals surface area contributed by atoms with Gasteiger partial charge in [0.15, 0.2) is 5.78 Å². The van der Waals surface area contributed by atoms with Crippen molar-refractivity contribution in [2.24, 2.45) is 0 Å². The first kappa shape index (κ1) is 14.9. The minimum Gasteiger partial charge on any atom is -0.382 e. The first-order valence-corrected chi connectivity index (χ1v) is 6.25. The summed E-state index contributed by atoms with van der Waals surface area (Å²) in [4.78, 5) is 11.8. The Bertz CT molecular complexity index is 399. The molecule has 0 spiro atoms. The SMILES string of the molecule is CCC(=O)c1c(C)nn(CCOCCOC)c1C. The maximum atomic E-state index is 11.8. The number of carbonyl (C=O) groups is 1. The summed E-state index contributed by atoms with van der Waals surface area (Å²) in [6, 6.07) is 0. The van der Waals surface area contributed by atoms with E-state index in [1.807, 2.05) is 25.5 Å². The third-order valence-electron chi connectivity index (χ3n) is 2.86. The van der Waals surface area contributed by atoms with Crippen molar-refractivity contribution in [1.29, 1.82) is 0 Å². The third-order valence-corrected chi connectivity index (χ3v) is 2.86. The number of aryl methyl sites for hydroxylation is 1. The molecule has 0 aromatic carbocycles. The lowest BCUT2D eigenvalue weighted by Crippen LogP contribution is -2.12. The highest BCUT2D eigenvalue weighted by molar-refractivity contribution is 5.97. The Morgan fingerprint density at radius 2 is 2.00 bits per heavy atom. The van der Waals surface area contributed by atoms with E-state index in [1.165, 1.54) is 0 Å². The van der Waals surface area contributed by atoms with Gasteiger partial charge in [-0.2, -0.15) is 5.10 Å². The fraction of sp³-hybridized carbons (Fsp3) is 0.692. The summed E-state index contributed by atoms with van der Waals surface area (Å²) < 4.78 is 12.1. The molecule has 18 heavy (non-hydrogen) atoms. The van der Waals surface area contributed by atoms with Crippen LogP contribution in [0.5, 0.6) is 0 Å². The smallest absolute Gasteiger partial charge is 0.166 e. The fourth-order valence-corrected chi connectivity index (χ4v) is 1.89. The molecule has 0 saturated carbocycles. The minimum absolute atomic E-state index is 0.150. The average Bonchev–Trinajstić information content (AvgIpc) is 2.63. The molecule has 0 aliphatic heterocycles. The monoisotopic (exact) mass is 254 g/mol. The minimum atomic E-state index is 0.150. The van der Waals surface area contributed by atoms with Gasteiger partial charge < -0.3 is 9.47 Å². The van der Waals surface area contributed by atoms with Crippen molar-refractivity contribution in [3.63, 3.8) is 0 Å². The topological polar surface area (TPSA) is 53.4 Å². The third kappa shape index (κ3) is 3.65. The Balaban J connectivity index is 2.59. The van der Waals surface area contributed by atoms with Crippen LogP contribution in [0.2, 0.25) is 0 Å². The second-order valence-electron chi connectivity index (χ2n) is 4.15. The molecule has 5 nitrogen and oxygen atoms in total. The largest absolute Gasteiger partial charge is 0.382 e. The fourth-order valence-electron chi connectivity index (χ4n) is 1.89. The number of hydrogen-bond donors (Lipinski definition) is 0. The van der Waals surface area contributed by atoms with Crippen LogP contribution in [0.15, 0.2) is 0 Å². The maximum Gasteiger partial charge on any atom is 0.166 e. The Labute approximate surface area is 108 Å². The number of hydrogen-bond acceptors (Lipinski definition) is 4. The Hall–Kier alpha value is -1.20. The number of methoxy groups -OCH3 is 1. The van der Waals surface area contributed by atoms with Gasteiger partial charge >= 0.3 is 0 Å². The Morgan fingerprint density at radius 1 is 1.28 bits per heavy atom. The van der Waals surface area contributed by atoms with Crippen molar-refractivity contribution in [3.05, 3.63) is 17.0 Å². The summed E-state index contributed by atoms with van der Waals surface area (Å²) >= 11 is 0. The summed E-state index contributed by atoms with van der Waals surface area (Å²) in [5, 5.41) is 4.38. The molecule has 1 heterocycles. The molecule has 0 radical (unpaired) electrons. The lowest BCUT2D eigenvalue weighted by Gasteiger charge is -2.06. The predicted molar refractivity (Wildman–Crippen MR) is 69.0 cm³/mol. The zero-order valence-electron chi connectivity index (χ0n) is 11.7. The summed E-state index contributed by atoms with van der Waals surface area (Å²) in [7, 11) is 1.65. The molecule has 0 amide bonds. The van der Waals surface area contributed by atoms with Crippen molar-refractivity contribution >= 4 is 5.78 Å². The second-order valence-corrected chi connectivity index (χ2v) is 4.15. The van der Waals surface area contributed by atoms with E-state index in [0.29, 0.717) is 32.8 Å². The molecule has 0 unspecified atom stereocenters. The lowest BCUT2D eigenvalue weighted by atomic mass is 10.1. The van der Waals surface area contributed by atoms with Crippen LogP contribution >= 0.6 is 0 Å². The maximum absolute atomic E-state index is 11.8. The van der Waals surface area contributed by atoms with Crippen LogP contribution in [0, 0.1) is 13.8 Å². The van der Waals surface area contributed by atoms with Gasteiger partial charge in [0.1, 0.15) is 0 Å². The highest BCUT2D eigenvalue weighted by Gasteiger charge is 2.16. The van der Waals surface area contributed by atoms with Crippen LogP contribution < -0.4 is 0 Å². The molecule has 0 aliphatic carbocycles. The van der Waals surface area contributed by atoms with Gasteiger partial charge in [-0.25, -0.2) is 0 Å². The van der Waals surface area contributed by atoms with Gasteiger partial charge in [-0.15, -0.1) is 0 Å². The van der Waals surface area contributed by atoms with Crippen molar-refractivity contribution in [2.75, 3.05) is 26.9 Å². The number of nitrogens with zero attached hydrogens (tertiary/aromatic N) is 2. The van der Waals surface area contributed by atoms with Crippen molar-refractivity contribution in [2.45, 2.75) is 33.7 Å². The molecule has 0 bridgehead atoms. The van der Waals surface area contributed by atoms with Gasteiger partial charge in [0, 0.05) is 19.2 Å². The molecule has 5 heteroatoms. The number of aromatic nitrogens is 2. The van der Waals surface area contributed by atoms with Crippen molar-refractivity contribution < 1.29 is 14.3 Å². The molecule has 102 valence electrons. The molecule has 1 aromatic heterocycles. The van der Waals surface area contributed by atoms with Gasteiger partial charge in [0.25, 0.3) is 0 Å². The number of ether oxygens (including phenoxy) is 2. The summed E-state index contributed by atoms with van der Waals surface area (Å²) in [5.41, 5.74) is 2.49. The Kier molecular flexibility index (Phi) is 6.01. The average molecular weight is 254 g/mol. The van der Waals surface area contributed by atoms with Crippen LogP contribution in [0.3, 0.4) is 0 Å².